The zero-order chi connectivity index (χ0) is 19.4. The number of amides is 2. The summed E-state index contributed by atoms with van der Waals surface area (Å²) in [7, 11) is 1.56. The second-order valence-corrected chi connectivity index (χ2v) is 7.57. The fourth-order valence-corrected chi connectivity index (χ4v) is 4.07. The average molecular weight is 448 g/mol. The molecule has 1 aliphatic rings. The van der Waals surface area contributed by atoms with Crippen LogP contribution in [0.2, 0.25) is 0 Å². The number of hydrogen-bond acceptors (Lipinski definition) is 5. The Balaban J connectivity index is 1.86. The summed E-state index contributed by atoms with van der Waals surface area (Å²) in [6, 6.07) is 13.1. The number of ether oxygens (including phenoxy) is 2. The number of carbonyl (C=O) groups excluding carboxylic acids is 2. The van der Waals surface area contributed by atoms with Gasteiger partial charge in [0.1, 0.15) is 0 Å². The van der Waals surface area contributed by atoms with Gasteiger partial charge in [0.2, 0.25) is 0 Å². The van der Waals surface area contributed by atoms with Gasteiger partial charge in [0.15, 0.2) is 11.5 Å². The highest BCUT2D eigenvalue weighted by molar-refractivity contribution is 9.10. The van der Waals surface area contributed by atoms with Crippen LogP contribution in [-0.4, -0.2) is 29.8 Å². The molecule has 0 radical (unpaired) electrons. The Labute approximate surface area is 170 Å². The molecule has 0 N–H and O–H groups in total. The molecule has 5 nitrogen and oxygen atoms in total. The molecule has 0 unspecified atom stereocenters. The van der Waals surface area contributed by atoms with E-state index in [0.717, 1.165) is 27.4 Å². The van der Waals surface area contributed by atoms with Gasteiger partial charge in [-0.1, -0.05) is 30.3 Å². The monoisotopic (exact) mass is 447 g/mol. The highest BCUT2D eigenvalue weighted by Gasteiger charge is 2.35. The largest absolute Gasteiger partial charge is 0.493 e. The lowest BCUT2D eigenvalue weighted by molar-refractivity contribution is -0.123. The highest BCUT2D eigenvalue weighted by Crippen LogP contribution is 2.39. The fraction of sp³-hybridized carbons (Fsp3) is 0.200. The molecule has 27 heavy (non-hydrogen) atoms. The third kappa shape index (κ3) is 4.36. The van der Waals surface area contributed by atoms with E-state index < -0.39 is 0 Å². The van der Waals surface area contributed by atoms with Gasteiger partial charge < -0.3 is 9.47 Å². The van der Waals surface area contributed by atoms with Gasteiger partial charge in [-0.25, -0.2) is 0 Å². The van der Waals surface area contributed by atoms with E-state index in [1.807, 2.05) is 43.3 Å². The summed E-state index contributed by atoms with van der Waals surface area (Å²) in [6.45, 7) is 2.66. The molecule has 0 spiro atoms. The van der Waals surface area contributed by atoms with E-state index >= 15 is 0 Å². The van der Waals surface area contributed by atoms with Crippen molar-refractivity contribution in [2.24, 2.45) is 0 Å². The number of nitrogens with zero attached hydrogens (tertiary/aromatic N) is 1. The zero-order valence-electron chi connectivity index (χ0n) is 14.9. The molecule has 0 aromatic heterocycles. The van der Waals surface area contributed by atoms with Gasteiger partial charge in [0.05, 0.1) is 29.6 Å². The summed E-state index contributed by atoms with van der Waals surface area (Å²) in [5.41, 5.74) is 1.65. The maximum Gasteiger partial charge on any atom is 0.293 e. The smallest absolute Gasteiger partial charge is 0.293 e. The van der Waals surface area contributed by atoms with Crippen LogP contribution in [-0.2, 0) is 11.3 Å². The summed E-state index contributed by atoms with van der Waals surface area (Å²) < 4.78 is 11.7. The lowest BCUT2D eigenvalue weighted by Crippen LogP contribution is -2.27. The van der Waals surface area contributed by atoms with E-state index in [4.69, 9.17) is 9.47 Å². The van der Waals surface area contributed by atoms with E-state index in [9.17, 15) is 9.59 Å². The van der Waals surface area contributed by atoms with Gasteiger partial charge in [0, 0.05) is 0 Å². The van der Waals surface area contributed by atoms with Gasteiger partial charge >= 0.3 is 0 Å². The summed E-state index contributed by atoms with van der Waals surface area (Å²) in [6.07, 6.45) is 1.69. The molecule has 2 aromatic rings. The third-order valence-corrected chi connectivity index (χ3v) is 5.39. The van der Waals surface area contributed by atoms with E-state index in [2.05, 4.69) is 15.9 Å². The summed E-state index contributed by atoms with van der Waals surface area (Å²) in [5, 5.41) is -0.271. The number of rotatable bonds is 6. The van der Waals surface area contributed by atoms with E-state index in [1.165, 1.54) is 4.90 Å². The molecular weight excluding hydrogens is 430 g/mol. The second-order valence-electron chi connectivity index (χ2n) is 5.72. The number of methoxy groups -OCH3 is 1. The maximum atomic E-state index is 12.7. The molecule has 1 heterocycles. The third-order valence-electron chi connectivity index (χ3n) is 3.90. The van der Waals surface area contributed by atoms with Gasteiger partial charge in [-0.3, -0.25) is 14.5 Å². The number of halogens is 1. The van der Waals surface area contributed by atoms with Crippen molar-refractivity contribution in [1.29, 1.82) is 0 Å². The van der Waals surface area contributed by atoms with Crippen LogP contribution in [0.3, 0.4) is 0 Å². The van der Waals surface area contributed by atoms with Crippen molar-refractivity contribution in [2.75, 3.05) is 13.7 Å². The van der Waals surface area contributed by atoms with Crippen molar-refractivity contribution in [2.45, 2.75) is 13.5 Å². The molecular formula is C20H18BrNO4S. The molecule has 1 aliphatic heterocycles. The molecule has 0 saturated carbocycles. The van der Waals surface area contributed by atoms with Crippen molar-refractivity contribution in [3.63, 3.8) is 0 Å². The second kappa shape index (κ2) is 8.63. The Kier molecular flexibility index (Phi) is 6.23. The molecule has 1 fully saturated rings. The molecule has 2 aromatic carbocycles. The fourth-order valence-electron chi connectivity index (χ4n) is 2.66. The maximum absolute atomic E-state index is 12.7. The summed E-state index contributed by atoms with van der Waals surface area (Å²) in [5.74, 6) is 0.869. The van der Waals surface area contributed by atoms with E-state index in [-0.39, 0.29) is 17.7 Å². The Bertz CT molecular complexity index is 898. The molecule has 2 amide bonds. The minimum absolute atomic E-state index is 0.263. The summed E-state index contributed by atoms with van der Waals surface area (Å²) in [4.78, 5) is 26.6. The first-order valence-electron chi connectivity index (χ1n) is 8.33. The number of hydrogen-bond donors (Lipinski definition) is 0. The van der Waals surface area contributed by atoms with E-state index in [0.29, 0.717) is 23.0 Å². The Morgan fingerprint density at radius 3 is 2.59 bits per heavy atom. The Morgan fingerprint density at radius 2 is 1.93 bits per heavy atom. The molecule has 0 aliphatic carbocycles. The first kappa shape index (κ1) is 19.5. The summed E-state index contributed by atoms with van der Waals surface area (Å²) >= 11 is 4.41. The van der Waals surface area contributed by atoms with Crippen LogP contribution in [0.15, 0.2) is 51.8 Å². The van der Waals surface area contributed by atoms with Crippen LogP contribution in [0.5, 0.6) is 11.5 Å². The minimum Gasteiger partial charge on any atom is -0.493 e. The number of benzene rings is 2. The number of carbonyl (C=O) groups is 2. The van der Waals surface area contributed by atoms with Crippen molar-refractivity contribution in [3.05, 3.63) is 63.0 Å². The predicted molar refractivity (Wildman–Crippen MR) is 110 cm³/mol. The number of imide groups is 1. The Morgan fingerprint density at radius 1 is 1.19 bits per heavy atom. The Hall–Kier alpha value is -2.25. The predicted octanol–water partition coefficient (Wildman–Crippen LogP) is 5.09. The topological polar surface area (TPSA) is 55.8 Å². The first-order valence-corrected chi connectivity index (χ1v) is 9.94. The normalized spacial score (nSPS) is 15.5. The molecule has 0 atom stereocenters. The van der Waals surface area contributed by atoms with Gasteiger partial charge in [-0.15, -0.1) is 0 Å². The van der Waals surface area contributed by atoms with Crippen LogP contribution in [0, 0.1) is 0 Å². The molecule has 1 saturated heterocycles. The lowest BCUT2D eigenvalue weighted by Gasteiger charge is -2.13. The van der Waals surface area contributed by atoms with Crippen molar-refractivity contribution >= 4 is 44.9 Å². The standard InChI is InChI=1S/C20H18BrNO4S/c1-3-26-18-15(21)9-14(10-16(18)25-2)11-17-19(23)22(20(24)27-17)12-13-7-5-4-6-8-13/h4-11H,3,12H2,1-2H3/b17-11+. The van der Waals surface area contributed by atoms with Crippen LogP contribution >= 0.6 is 27.7 Å². The van der Waals surface area contributed by atoms with Crippen LogP contribution in [0.4, 0.5) is 4.79 Å². The zero-order valence-corrected chi connectivity index (χ0v) is 17.3. The highest BCUT2D eigenvalue weighted by atomic mass is 79.9. The van der Waals surface area contributed by atoms with Crippen molar-refractivity contribution in [1.82, 2.24) is 4.90 Å². The van der Waals surface area contributed by atoms with Gasteiger partial charge in [0.25, 0.3) is 11.1 Å². The SMILES string of the molecule is CCOc1c(Br)cc(/C=C2/SC(=O)N(Cc3ccccc3)C2=O)cc1OC. The van der Waals surface area contributed by atoms with Crippen molar-refractivity contribution in [3.8, 4) is 11.5 Å². The van der Waals surface area contributed by atoms with Crippen LogP contribution < -0.4 is 9.47 Å². The molecule has 7 heteroatoms. The van der Waals surface area contributed by atoms with Gasteiger partial charge in [-0.05, 0) is 64.0 Å². The molecule has 0 bridgehead atoms. The van der Waals surface area contributed by atoms with Gasteiger partial charge in [-0.2, -0.15) is 0 Å². The lowest BCUT2D eigenvalue weighted by atomic mass is 10.1. The van der Waals surface area contributed by atoms with Crippen molar-refractivity contribution < 1.29 is 19.1 Å². The average Bonchev–Trinajstić information content (AvgIpc) is 2.92. The van der Waals surface area contributed by atoms with Crippen LogP contribution in [0.1, 0.15) is 18.1 Å². The minimum atomic E-state index is -0.294. The van der Waals surface area contributed by atoms with E-state index in [1.54, 1.807) is 19.3 Å². The number of thioether (sulfide) groups is 1. The van der Waals surface area contributed by atoms with Crippen LogP contribution in [0.25, 0.3) is 6.08 Å². The first-order chi connectivity index (χ1) is 13.0. The molecule has 3 rings (SSSR count). The molecule has 140 valence electrons. The quantitative estimate of drug-likeness (QED) is 0.576.